The lowest BCUT2D eigenvalue weighted by atomic mass is 10.3. The van der Waals surface area contributed by atoms with E-state index in [1.165, 1.54) is 11.8 Å². The van der Waals surface area contributed by atoms with Crippen LogP contribution < -0.4 is 5.32 Å². The highest BCUT2D eigenvalue weighted by Gasteiger charge is 2.16. The van der Waals surface area contributed by atoms with Crippen molar-refractivity contribution in [3.8, 4) is 17.4 Å². The van der Waals surface area contributed by atoms with Gasteiger partial charge in [-0.15, -0.1) is 10.2 Å². The molecule has 0 bridgehead atoms. The van der Waals surface area contributed by atoms with Gasteiger partial charge in [-0.1, -0.05) is 23.9 Å². The van der Waals surface area contributed by atoms with Crippen molar-refractivity contribution in [3.05, 3.63) is 67.3 Å². The van der Waals surface area contributed by atoms with Crippen molar-refractivity contribution < 1.29 is 9.21 Å². The Morgan fingerprint density at radius 3 is 2.78 bits per heavy atom. The minimum Gasteiger partial charge on any atom is -0.461 e. The number of aromatic nitrogens is 6. The molecule has 0 aliphatic rings. The molecule has 4 heterocycles. The van der Waals surface area contributed by atoms with Crippen molar-refractivity contribution in [1.82, 2.24) is 29.3 Å². The number of thioether (sulfide) groups is 1. The van der Waals surface area contributed by atoms with Crippen LogP contribution in [0.25, 0.3) is 28.4 Å². The zero-order valence-electron chi connectivity index (χ0n) is 17.2. The molecule has 1 amide bonds. The number of carbonyl (C=O) groups is 1. The van der Waals surface area contributed by atoms with E-state index < -0.39 is 0 Å². The molecule has 32 heavy (non-hydrogen) atoms. The molecule has 0 saturated carbocycles. The summed E-state index contributed by atoms with van der Waals surface area (Å²) < 4.78 is 9.24. The molecule has 9 nitrogen and oxygen atoms in total. The van der Waals surface area contributed by atoms with E-state index in [1.807, 2.05) is 58.5 Å². The largest absolute Gasteiger partial charge is 0.461 e. The van der Waals surface area contributed by atoms with Gasteiger partial charge in [-0.2, -0.15) is 0 Å². The third-order valence-electron chi connectivity index (χ3n) is 4.84. The second kappa shape index (κ2) is 8.67. The van der Waals surface area contributed by atoms with Crippen LogP contribution in [0.4, 0.5) is 5.69 Å². The third kappa shape index (κ3) is 3.87. The molecule has 0 unspecified atom stereocenters. The molecular weight excluding hydrogens is 426 g/mol. The number of nitrogens with zero attached hydrogens (tertiary/aromatic N) is 6. The average molecular weight is 446 g/mol. The number of para-hydroxylation sites is 2. The third-order valence-corrected chi connectivity index (χ3v) is 5.81. The van der Waals surface area contributed by atoms with Gasteiger partial charge in [0.1, 0.15) is 12.1 Å². The van der Waals surface area contributed by atoms with Crippen molar-refractivity contribution in [2.75, 3.05) is 11.1 Å². The second-order valence-corrected chi connectivity index (χ2v) is 7.82. The Morgan fingerprint density at radius 1 is 1.09 bits per heavy atom. The smallest absolute Gasteiger partial charge is 0.234 e. The topological polar surface area (TPSA) is 104 Å². The lowest BCUT2D eigenvalue weighted by Gasteiger charge is -2.08. The maximum atomic E-state index is 12.5. The number of rotatable bonds is 7. The number of fused-ring (bicyclic) bond motifs is 1. The van der Waals surface area contributed by atoms with Crippen LogP contribution in [0.5, 0.6) is 0 Å². The first-order valence-electron chi connectivity index (χ1n) is 10.0. The molecule has 0 fully saturated rings. The summed E-state index contributed by atoms with van der Waals surface area (Å²) in [4.78, 5) is 21.3. The highest BCUT2D eigenvalue weighted by molar-refractivity contribution is 7.99. The fourth-order valence-electron chi connectivity index (χ4n) is 3.34. The normalized spacial score (nSPS) is 11.2. The van der Waals surface area contributed by atoms with Gasteiger partial charge in [0.25, 0.3) is 0 Å². The lowest BCUT2D eigenvalue weighted by molar-refractivity contribution is -0.113. The quantitative estimate of drug-likeness (QED) is 0.377. The van der Waals surface area contributed by atoms with Crippen LogP contribution in [0.3, 0.4) is 0 Å². The Kier molecular flexibility index (Phi) is 5.42. The van der Waals surface area contributed by atoms with E-state index in [2.05, 4.69) is 25.5 Å². The minimum absolute atomic E-state index is 0.150. The average Bonchev–Trinajstić information content (AvgIpc) is 3.57. The zero-order chi connectivity index (χ0) is 21.9. The molecule has 10 heteroatoms. The van der Waals surface area contributed by atoms with Crippen molar-refractivity contribution >= 4 is 34.4 Å². The van der Waals surface area contributed by atoms with Gasteiger partial charge in [0.2, 0.25) is 5.91 Å². The Balaban J connectivity index is 1.23. The maximum Gasteiger partial charge on any atom is 0.234 e. The van der Waals surface area contributed by atoms with Gasteiger partial charge in [-0.05, 0) is 43.3 Å². The molecule has 5 rings (SSSR count). The predicted octanol–water partition coefficient (Wildman–Crippen LogP) is 4.02. The standard InChI is InChI=1S/C22H19N7O2S/c1-2-28-21(18-8-5-11-31-18)26-27-22(28)32-13-20(30)25-15-9-10-19(23-12-15)29-14-24-16-6-3-4-7-17(16)29/h3-12,14H,2,13H2,1H3,(H,25,30). The summed E-state index contributed by atoms with van der Waals surface area (Å²) >= 11 is 1.32. The molecule has 0 aliphatic heterocycles. The van der Waals surface area contributed by atoms with Crippen molar-refractivity contribution in [1.29, 1.82) is 0 Å². The molecule has 0 radical (unpaired) electrons. The Labute approximate surface area is 187 Å². The number of anilines is 1. The Hall–Kier alpha value is -3.92. The van der Waals surface area contributed by atoms with Crippen LogP contribution in [-0.4, -0.2) is 41.0 Å². The molecule has 0 aliphatic carbocycles. The molecule has 1 N–H and O–H groups in total. The number of imidazole rings is 1. The first kappa shape index (κ1) is 20.0. The van der Waals surface area contributed by atoms with Crippen molar-refractivity contribution in [3.63, 3.8) is 0 Å². The van der Waals surface area contributed by atoms with Gasteiger partial charge in [-0.3, -0.25) is 13.9 Å². The molecular formula is C22H19N7O2S. The van der Waals surface area contributed by atoms with E-state index in [1.54, 1.807) is 24.9 Å². The van der Waals surface area contributed by atoms with E-state index in [4.69, 9.17) is 4.42 Å². The van der Waals surface area contributed by atoms with Gasteiger partial charge in [-0.25, -0.2) is 9.97 Å². The Bertz CT molecular complexity index is 1360. The molecule has 5 aromatic rings. The zero-order valence-corrected chi connectivity index (χ0v) is 18.0. The molecule has 160 valence electrons. The lowest BCUT2D eigenvalue weighted by Crippen LogP contribution is -2.15. The summed E-state index contributed by atoms with van der Waals surface area (Å²) in [7, 11) is 0. The van der Waals surface area contributed by atoms with Crippen LogP contribution >= 0.6 is 11.8 Å². The van der Waals surface area contributed by atoms with Crippen LogP contribution in [-0.2, 0) is 11.3 Å². The van der Waals surface area contributed by atoms with Gasteiger partial charge in [0.15, 0.2) is 16.7 Å². The van der Waals surface area contributed by atoms with Gasteiger partial charge < -0.3 is 9.73 Å². The number of hydrogen-bond acceptors (Lipinski definition) is 7. The highest BCUT2D eigenvalue weighted by Crippen LogP contribution is 2.24. The van der Waals surface area contributed by atoms with Crippen LogP contribution in [0.15, 0.2) is 76.9 Å². The summed E-state index contributed by atoms with van der Waals surface area (Å²) in [6, 6.07) is 15.2. The summed E-state index contributed by atoms with van der Waals surface area (Å²) in [5.74, 6) is 2.07. The number of furan rings is 1. The summed E-state index contributed by atoms with van der Waals surface area (Å²) in [6.45, 7) is 2.66. The highest BCUT2D eigenvalue weighted by atomic mass is 32.2. The van der Waals surface area contributed by atoms with E-state index >= 15 is 0 Å². The predicted molar refractivity (Wildman–Crippen MR) is 122 cm³/mol. The first-order valence-corrected chi connectivity index (χ1v) is 11.0. The van der Waals surface area contributed by atoms with Gasteiger partial charge in [0, 0.05) is 6.54 Å². The molecule has 0 atom stereocenters. The molecule has 1 aromatic carbocycles. The van der Waals surface area contributed by atoms with Crippen LogP contribution in [0, 0.1) is 0 Å². The number of hydrogen-bond donors (Lipinski definition) is 1. The van der Waals surface area contributed by atoms with Crippen LogP contribution in [0.2, 0.25) is 0 Å². The number of amides is 1. The monoisotopic (exact) mass is 445 g/mol. The fourth-order valence-corrected chi connectivity index (χ4v) is 4.14. The minimum atomic E-state index is -0.150. The molecule has 0 saturated heterocycles. The van der Waals surface area contributed by atoms with Gasteiger partial charge >= 0.3 is 0 Å². The van der Waals surface area contributed by atoms with Crippen molar-refractivity contribution in [2.45, 2.75) is 18.6 Å². The summed E-state index contributed by atoms with van der Waals surface area (Å²) in [6.07, 6.45) is 4.97. The summed E-state index contributed by atoms with van der Waals surface area (Å²) in [5, 5.41) is 11.9. The SMILES string of the molecule is CCn1c(SCC(=O)Nc2ccc(-n3cnc4ccccc43)nc2)nnc1-c1ccco1. The fraction of sp³-hybridized carbons (Fsp3) is 0.136. The molecule has 4 aromatic heterocycles. The number of pyridine rings is 1. The number of carbonyl (C=O) groups excluding carboxylic acids is 1. The van der Waals surface area contributed by atoms with Crippen molar-refractivity contribution in [2.24, 2.45) is 0 Å². The van der Waals surface area contributed by atoms with E-state index in [9.17, 15) is 4.79 Å². The number of nitrogens with one attached hydrogen (secondary N) is 1. The van der Waals surface area contributed by atoms with E-state index in [0.717, 1.165) is 16.9 Å². The van der Waals surface area contributed by atoms with Gasteiger partial charge in [0.05, 0.1) is 34.9 Å². The number of benzene rings is 1. The maximum absolute atomic E-state index is 12.5. The Morgan fingerprint density at radius 2 is 2.00 bits per heavy atom. The van der Waals surface area contributed by atoms with E-state index in [-0.39, 0.29) is 11.7 Å². The van der Waals surface area contributed by atoms with Crippen LogP contribution in [0.1, 0.15) is 6.92 Å². The van der Waals surface area contributed by atoms with E-state index in [0.29, 0.717) is 29.0 Å². The second-order valence-electron chi connectivity index (χ2n) is 6.87. The summed E-state index contributed by atoms with van der Waals surface area (Å²) in [5.41, 5.74) is 2.50. The molecule has 0 spiro atoms. The first-order chi connectivity index (χ1) is 15.7.